The molecule has 0 aromatic heterocycles. The minimum Gasteiger partial charge on any atom is -0.480 e. The molecule has 4 amide bonds. The van der Waals surface area contributed by atoms with E-state index in [1.54, 1.807) is 0 Å². The van der Waals surface area contributed by atoms with E-state index in [2.05, 4.69) is 25.6 Å². The zero-order valence-electron chi connectivity index (χ0n) is 25.3. The van der Waals surface area contributed by atoms with Crippen molar-refractivity contribution < 1.29 is 29.1 Å². The SMILES string of the molecule is CN(C(=O)CNC(=O)[C@H](CCCN=C(N)N)N(C)C(=O)CNC(=O)[C@@H](N)CCCN=C(N)N)[C@@H](CCCN=C(N)N)C(=O)O. The molecule has 0 radical (unpaired) electrons. The summed E-state index contributed by atoms with van der Waals surface area (Å²) in [5.74, 6) is -4.15. The van der Waals surface area contributed by atoms with Crippen molar-refractivity contribution in [3.05, 3.63) is 0 Å². The summed E-state index contributed by atoms with van der Waals surface area (Å²) >= 11 is 0. The van der Waals surface area contributed by atoms with Crippen molar-refractivity contribution in [1.82, 2.24) is 20.4 Å². The molecule has 0 aromatic carbocycles. The molecule has 0 aliphatic rings. The van der Waals surface area contributed by atoms with Crippen molar-refractivity contribution in [2.24, 2.45) is 55.1 Å². The number of aliphatic carboxylic acids is 1. The van der Waals surface area contributed by atoms with Crippen LogP contribution in [0.1, 0.15) is 38.5 Å². The fraction of sp³-hybridized carbons (Fsp3) is 0.667. The Labute approximate surface area is 255 Å². The maximum absolute atomic E-state index is 13.1. The van der Waals surface area contributed by atoms with E-state index in [1.807, 2.05) is 0 Å². The molecule has 250 valence electrons. The number of hydrogen-bond acceptors (Lipinski definition) is 9. The van der Waals surface area contributed by atoms with Crippen molar-refractivity contribution in [2.45, 2.75) is 56.7 Å². The number of nitrogens with zero attached hydrogens (tertiary/aromatic N) is 5. The van der Waals surface area contributed by atoms with E-state index in [4.69, 9.17) is 40.1 Å². The fourth-order valence-corrected chi connectivity index (χ4v) is 3.79. The van der Waals surface area contributed by atoms with Gasteiger partial charge in [0.15, 0.2) is 17.9 Å². The second kappa shape index (κ2) is 20.9. The third-order valence-corrected chi connectivity index (χ3v) is 6.30. The van der Waals surface area contributed by atoms with E-state index < -0.39 is 60.8 Å². The number of likely N-dealkylation sites (N-methyl/N-ethyl adjacent to an activating group) is 2. The molecule has 0 aliphatic carbocycles. The first-order valence-electron chi connectivity index (χ1n) is 13.8. The predicted octanol–water partition coefficient (Wildman–Crippen LogP) is -5.55. The molecule has 0 spiro atoms. The highest BCUT2D eigenvalue weighted by molar-refractivity contribution is 5.93. The Bertz CT molecular complexity index is 1050. The Kier molecular flexibility index (Phi) is 18.6. The van der Waals surface area contributed by atoms with Crippen LogP contribution >= 0.6 is 0 Å². The maximum atomic E-state index is 13.1. The first-order chi connectivity index (χ1) is 20.6. The Morgan fingerprint density at radius 2 is 1.00 bits per heavy atom. The molecule has 20 nitrogen and oxygen atoms in total. The number of carboxylic acid groups (broad SMARTS) is 1. The summed E-state index contributed by atoms with van der Waals surface area (Å²) in [4.78, 5) is 76.3. The molecule has 0 heterocycles. The number of nitrogens with one attached hydrogen (secondary N) is 2. The molecule has 3 atom stereocenters. The molecule has 0 aliphatic heterocycles. The normalized spacial score (nSPS) is 12.4. The standard InChI is InChI=1S/C24H48N14O6/c1-37(17(39)12-35-19(41)14(25)6-3-9-32-22(26)27)15(7-4-10-33-23(28)29)20(42)36-13-18(40)38(2)16(21(43)44)8-5-11-34-24(30)31/h14-16H,3-13,25H2,1-2H3,(H,35,41)(H,36,42)(H,43,44)(H4,26,27,32)(H4,28,29,33)(H4,30,31,34)/t14-,15-,16-/m0/s1. The Hall–Kier alpha value is -4.88. The number of carboxylic acids is 1. The van der Waals surface area contributed by atoms with Crippen LogP contribution in [0.3, 0.4) is 0 Å². The van der Waals surface area contributed by atoms with Crippen LogP contribution in [-0.4, -0.2) is 127 Å². The molecular formula is C24H48N14O6. The molecule has 44 heavy (non-hydrogen) atoms. The molecule has 0 rings (SSSR count). The lowest BCUT2D eigenvalue weighted by Gasteiger charge is -2.29. The second-order valence-corrected chi connectivity index (χ2v) is 9.77. The first kappa shape index (κ1) is 39.1. The van der Waals surface area contributed by atoms with Crippen LogP contribution in [0.15, 0.2) is 15.0 Å². The topological polar surface area (TPSA) is 355 Å². The summed E-state index contributed by atoms with van der Waals surface area (Å²) in [6, 6.07) is -3.17. The molecule has 0 aromatic rings. The van der Waals surface area contributed by atoms with E-state index >= 15 is 0 Å². The number of nitrogens with two attached hydrogens (primary N) is 7. The van der Waals surface area contributed by atoms with E-state index in [0.29, 0.717) is 19.3 Å². The summed E-state index contributed by atoms with van der Waals surface area (Å²) in [5, 5.41) is 14.5. The van der Waals surface area contributed by atoms with Crippen LogP contribution in [0.2, 0.25) is 0 Å². The molecule has 20 heteroatoms. The number of hydrogen-bond donors (Lipinski definition) is 10. The van der Waals surface area contributed by atoms with Crippen molar-refractivity contribution in [3.8, 4) is 0 Å². The van der Waals surface area contributed by atoms with Crippen LogP contribution < -0.4 is 50.8 Å². The van der Waals surface area contributed by atoms with Crippen molar-refractivity contribution in [3.63, 3.8) is 0 Å². The van der Waals surface area contributed by atoms with Gasteiger partial charge in [0.05, 0.1) is 19.1 Å². The summed E-state index contributed by atoms with van der Waals surface area (Å²) in [6.45, 7) is -0.350. The smallest absolute Gasteiger partial charge is 0.326 e. The van der Waals surface area contributed by atoms with Gasteiger partial charge in [-0.3, -0.25) is 34.2 Å². The lowest BCUT2D eigenvalue weighted by molar-refractivity contribution is -0.149. The van der Waals surface area contributed by atoms with Gasteiger partial charge in [0.1, 0.15) is 12.1 Å². The zero-order valence-corrected chi connectivity index (χ0v) is 25.3. The Balaban J connectivity index is 5.29. The predicted molar refractivity (Wildman–Crippen MR) is 164 cm³/mol. The number of carbonyl (C=O) groups excluding carboxylic acids is 4. The number of amides is 4. The monoisotopic (exact) mass is 628 g/mol. The summed E-state index contributed by atoms with van der Waals surface area (Å²) in [6.07, 6.45) is 1.48. The highest BCUT2D eigenvalue weighted by Gasteiger charge is 2.30. The molecule has 0 saturated carbocycles. The minimum atomic E-state index is -1.24. The van der Waals surface area contributed by atoms with E-state index in [9.17, 15) is 29.1 Å². The Morgan fingerprint density at radius 1 is 0.636 bits per heavy atom. The number of aliphatic imine (C=N–C) groups is 3. The van der Waals surface area contributed by atoms with E-state index in [1.165, 1.54) is 14.1 Å². The maximum Gasteiger partial charge on any atom is 0.326 e. The average Bonchev–Trinajstić information content (AvgIpc) is 2.94. The van der Waals surface area contributed by atoms with Gasteiger partial charge in [-0.15, -0.1) is 0 Å². The van der Waals surface area contributed by atoms with Gasteiger partial charge in [-0.1, -0.05) is 0 Å². The fourth-order valence-electron chi connectivity index (χ4n) is 3.79. The third-order valence-electron chi connectivity index (χ3n) is 6.30. The summed E-state index contributed by atoms with van der Waals surface area (Å²) in [5.41, 5.74) is 37.6. The van der Waals surface area contributed by atoms with Crippen molar-refractivity contribution >= 4 is 47.5 Å². The summed E-state index contributed by atoms with van der Waals surface area (Å²) < 4.78 is 0. The van der Waals surface area contributed by atoms with E-state index in [-0.39, 0.29) is 56.8 Å². The summed E-state index contributed by atoms with van der Waals surface area (Å²) in [7, 11) is 2.66. The number of carbonyl (C=O) groups is 5. The van der Waals surface area contributed by atoms with Gasteiger partial charge >= 0.3 is 5.97 Å². The highest BCUT2D eigenvalue weighted by atomic mass is 16.4. The average molecular weight is 629 g/mol. The molecule has 17 N–H and O–H groups in total. The van der Waals surface area contributed by atoms with Gasteiger partial charge in [0, 0.05) is 33.7 Å². The second-order valence-electron chi connectivity index (χ2n) is 9.77. The zero-order chi connectivity index (χ0) is 33.8. The van der Waals surface area contributed by atoms with Crippen LogP contribution in [0.5, 0.6) is 0 Å². The Morgan fingerprint density at radius 3 is 1.41 bits per heavy atom. The molecule has 0 fully saturated rings. The third kappa shape index (κ3) is 16.5. The number of rotatable bonds is 21. The van der Waals surface area contributed by atoms with Gasteiger partial charge in [-0.2, -0.15) is 0 Å². The van der Waals surface area contributed by atoms with Crippen LogP contribution in [0.4, 0.5) is 0 Å². The largest absolute Gasteiger partial charge is 0.480 e. The van der Waals surface area contributed by atoms with Crippen LogP contribution in [-0.2, 0) is 24.0 Å². The molecule has 0 saturated heterocycles. The van der Waals surface area contributed by atoms with Crippen LogP contribution in [0, 0.1) is 0 Å². The lowest BCUT2D eigenvalue weighted by atomic mass is 10.1. The molecule has 0 unspecified atom stereocenters. The van der Waals surface area contributed by atoms with Crippen molar-refractivity contribution in [1.29, 1.82) is 0 Å². The van der Waals surface area contributed by atoms with Gasteiger partial charge < -0.3 is 65.7 Å². The van der Waals surface area contributed by atoms with Gasteiger partial charge in [0.2, 0.25) is 23.6 Å². The minimum absolute atomic E-state index is 0.0681. The van der Waals surface area contributed by atoms with Crippen LogP contribution in [0.25, 0.3) is 0 Å². The molecule has 0 bridgehead atoms. The molecular weight excluding hydrogens is 580 g/mol. The van der Waals surface area contributed by atoms with E-state index in [0.717, 1.165) is 9.80 Å². The number of guanidine groups is 3. The van der Waals surface area contributed by atoms with Crippen molar-refractivity contribution in [2.75, 3.05) is 46.8 Å². The van der Waals surface area contributed by atoms with Gasteiger partial charge in [-0.25, -0.2) is 4.79 Å². The van der Waals surface area contributed by atoms with Gasteiger partial charge in [0.25, 0.3) is 0 Å². The highest BCUT2D eigenvalue weighted by Crippen LogP contribution is 2.09. The van der Waals surface area contributed by atoms with Gasteiger partial charge in [-0.05, 0) is 38.5 Å². The first-order valence-corrected chi connectivity index (χ1v) is 13.8. The quantitative estimate of drug-likeness (QED) is 0.0322. The lowest BCUT2D eigenvalue weighted by Crippen LogP contribution is -2.53.